The number of para-hydroxylation sites is 1. The van der Waals surface area contributed by atoms with Crippen molar-refractivity contribution in [3.8, 4) is 5.75 Å². The van der Waals surface area contributed by atoms with Crippen LogP contribution in [0.3, 0.4) is 0 Å². The molecule has 25 heavy (non-hydrogen) atoms. The molecule has 2 amide bonds. The van der Waals surface area contributed by atoms with Gasteiger partial charge in [0.1, 0.15) is 5.75 Å². The van der Waals surface area contributed by atoms with Gasteiger partial charge in [0.25, 0.3) is 0 Å². The molecule has 2 rings (SSSR count). The van der Waals surface area contributed by atoms with Crippen molar-refractivity contribution in [2.45, 2.75) is 12.6 Å². The van der Waals surface area contributed by atoms with E-state index >= 15 is 0 Å². The summed E-state index contributed by atoms with van der Waals surface area (Å²) in [7, 11) is 1.52. The molecule has 0 spiro atoms. The van der Waals surface area contributed by atoms with E-state index in [1.165, 1.54) is 7.11 Å². The number of ether oxygens (including phenoxy) is 1. The second kappa shape index (κ2) is 7.62. The van der Waals surface area contributed by atoms with Crippen molar-refractivity contribution in [2.75, 3.05) is 26.7 Å². The number of amides is 2. The average Bonchev–Trinajstić information content (AvgIpc) is 3.01. The maximum Gasteiger partial charge on any atom is 0.394 e. The molecular formula is C16H19F3N2O4. The monoisotopic (exact) mass is 360 g/mol. The SMILES string of the molecule is COc1ccccc1CCNC(=O)N1C[C@@H](C(F)(F)F)[C@H](C(=O)O)C1. The fraction of sp³-hybridized carbons (Fsp3) is 0.500. The van der Waals surface area contributed by atoms with Gasteiger partial charge < -0.3 is 20.1 Å². The number of carbonyl (C=O) groups excluding carboxylic acids is 1. The Kier molecular flexibility index (Phi) is 5.76. The van der Waals surface area contributed by atoms with Crippen molar-refractivity contribution in [1.82, 2.24) is 10.2 Å². The number of benzene rings is 1. The maximum atomic E-state index is 12.9. The molecule has 0 aliphatic carbocycles. The van der Waals surface area contributed by atoms with Crippen LogP contribution in [0, 0.1) is 11.8 Å². The fourth-order valence-electron chi connectivity index (χ4n) is 2.88. The first-order valence-electron chi connectivity index (χ1n) is 7.68. The van der Waals surface area contributed by atoms with Crippen LogP contribution in [-0.2, 0) is 11.2 Å². The van der Waals surface area contributed by atoms with Gasteiger partial charge in [-0.25, -0.2) is 4.79 Å². The first-order valence-corrected chi connectivity index (χ1v) is 7.68. The predicted octanol–water partition coefficient (Wildman–Crippen LogP) is 2.14. The molecule has 0 radical (unpaired) electrons. The lowest BCUT2D eigenvalue weighted by Crippen LogP contribution is -2.40. The molecule has 2 N–H and O–H groups in total. The van der Waals surface area contributed by atoms with Crippen molar-refractivity contribution in [3.05, 3.63) is 29.8 Å². The van der Waals surface area contributed by atoms with Gasteiger partial charge >= 0.3 is 18.2 Å². The summed E-state index contributed by atoms with van der Waals surface area (Å²) in [6, 6.07) is 6.50. The number of alkyl halides is 3. The van der Waals surface area contributed by atoms with Crippen LogP contribution in [0.5, 0.6) is 5.75 Å². The first kappa shape index (κ1) is 18.9. The molecule has 1 fully saturated rings. The van der Waals surface area contributed by atoms with Crippen molar-refractivity contribution in [2.24, 2.45) is 11.8 Å². The highest BCUT2D eigenvalue weighted by Gasteiger charge is 2.53. The van der Waals surface area contributed by atoms with Gasteiger partial charge in [0, 0.05) is 19.6 Å². The zero-order valence-corrected chi connectivity index (χ0v) is 13.5. The van der Waals surface area contributed by atoms with Gasteiger partial charge in [-0.1, -0.05) is 18.2 Å². The van der Waals surface area contributed by atoms with Crippen molar-refractivity contribution in [3.63, 3.8) is 0 Å². The molecule has 2 atom stereocenters. The molecule has 0 aromatic heterocycles. The number of nitrogens with zero attached hydrogens (tertiary/aromatic N) is 1. The van der Waals surface area contributed by atoms with E-state index in [9.17, 15) is 22.8 Å². The Labute approximate surface area is 142 Å². The molecule has 0 bridgehead atoms. The summed E-state index contributed by atoms with van der Waals surface area (Å²) in [5.41, 5.74) is 0.850. The quantitative estimate of drug-likeness (QED) is 0.843. The number of hydrogen-bond acceptors (Lipinski definition) is 3. The average molecular weight is 360 g/mol. The Morgan fingerprint density at radius 3 is 2.56 bits per heavy atom. The van der Waals surface area contributed by atoms with Gasteiger partial charge in [-0.15, -0.1) is 0 Å². The van der Waals surface area contributed by atoms with E-state index in [0.717, 1.165) is 10.5 Å². The predicted molar refractivity (Wildman–Crippen MR) is 82.3 cm³/mol. The number of carbonyl (C=O) groups is 2. The van der Waals surface area contributed by atoms with Crippen molar-refractivity contribution >= 4 is 12.0 Å². The Morgan fingerprint density at radius 2 is 2.00 bits per heavy atom. The van der Waals surface area contributed by atoms with E-state index in [1.807, 2.05) is 12.1 Å². The van der Waals surface area contributed by atoms with Crippen LogP contribution < -0.4 is 10.1 Å². The van der Waals surface area contributed by atoms with Crippen LogP contribution in [0.2, 0.25) is 0 Å². The lowest BCUT2D eigenvalue weighted by atomic mass is 9.96. The maximum absolute atomic E-state index is 12.9. The molecular weight excluding hydrogens is 341 g/mol. The number of rotatable bonds is 5. The minimum absolute atomic E-state index is 0.199. The minimum atomic E-state index is -4.66. The number of carboxylic acids is 1. The standard InChI is InChI=1S/C16H19F3N2O4/c1-25-13-5-3-2-4-10(13)6-7-20-15(24)21-8-11(14(22)23)12(9-21)16(17,18)19/h2-5,11-12H,6-9H2,1H3,(H,20,24)(H,22,23)/t11-,12-/m1/s1. The topological polar surface area (TPSA) is 78.9 Å². The van der Waals surface area contributed by atoms with Gasteiger partial charge in [0.2, 0.25) is 0 Å². The number of carboxylic acid groups (broad SMARTS) is 1. The van der Waals surface area contributed by atoms with Gasteiger partial charge in [-0.3, -0.25) is 4.79 Å². The Hall–Kier alpha value is -2.45. The summed E-state index contributed by atoms with van der Waals surface area (Å²) in [5, 5.41) is 11.5. The van der Waals surface area contributed by atoms with E-state index in [0.29, 0.717) is 12.2 Å². The molecule has 0 saturated carbocycles. The van der Waals surface area contributed by atoms with Crippen LogP contribution in [0.4, 0.5) is 18.0 Å². The molecule has 1 aliphatic rings. The van der Waals surface area contributed by atoms with Crippen molar-refractivity contribution < 1.29 is 32.6 Å². The Balaban J connectivity index is 1.92. The lowest BCUT2D eigenvalue weighted by Gasteiger charge is -2.19. The van der Waals surface area contributed by atoms with Crippen LogP contribution >= 0.6 is 0 Å². The van der Waals surface area contributed by atoms with E-state index in [-0.39, 0.29) is 6.54 Å². The summed E-state index contributed by atoms with van der Waals surface area (Å²) < 4.78 is 44.0. The highest BCUT2D eigenvalue weighted by Crippen LogP contribution is 2.37. The summed E-state index contributed by atoms with van der Waals surface area (Å²) >= 11 is 0. The smallest absolute Gasteiger partial charge is 0.394 e. The second-order valence-electron chi connectivity index (χ2n) is 5.79. The van der Waals surface area contributed by atoms with E-state index < -0.39 is 43.1 Å². The van der Waals surface area contributed by atoms with Crippen LogP contribution in [0.1, 0.15) is 5.56 Å². The van der Waals surface area contributed by atoms with Crippen LogP contribution in [-0.4, -0.2) is 54.9 Å². The third kappa shape index (κ3) is 4.55. The van der Waals surface area contributed by atoms with E-state index in [2.05, 4.69) is 5.32 Å². The third-order valence-corrected chi connectivity index (χ3v) is 4.21. The van der Waals surface area contributed by atoms with Gasteiger partial charge in [-0.05, 0) is 18.1 Å². The largest absolute Gasteiger partial charge is 0.496 e. The van der Waals surface area contributed by atoms with E-state index in [1.54, 1.807) is 12.1 Å². The molecule has 1 saturated heterocycles. The van der Waals surface area contributed by atoms with Gasteiger partial charge in [-0.2, -0.15) is 13.2 Å². The van der Waals surface area contributed by atoms with Gasteiger partial charge in [0.05, 0.1) is 18.9 Å². The highest BCUT2D eigenvalue weighted by molar-refractivity contribution is 5.77. The molecule has 138 valence electrons. The molecule has 1 aromatic carbocycles. The summed E-state index contributed by atoms with van der Waals surface area (Å²) in [4.78, 5) is 24.0. The number of urea groups is 1. The second-order valence-corrected chi connectivity index (χ2v) is 5.79. The third-order valence-electron chi connectivity index (χ3n) is 4.21. The molecule has 1 aromatic rings. The zero-order chi connectivity index (χ0) is 18.6. The van der Waals surface area contributed by atoms with Crippen molar-refractivity contribution in [1.29, 1.82) is 0 Å². The highest BCUT2D eigenvalue weighted by atomic mass is 19.4. The molecule has 0 unspecified atom stereocenters. The Bertz CT molecular complexity index is 636. The van der Waals surface area contributed by atoms with Gasteiger partial charge in [0.15, 0.2) is 0 Å². The molecule has 1 aliphatic heterocycles. The van der Waals surface area contributed by atoms with Crippen LogP contribution in [0.15, 0.2) is 24.3 Å². The normalized spacial score (nSPS) is 20.4. The summed E-state index contributed by atoms with van der Waals surface area (Å²) in [6.07, 6.45) is -4.22. The molecule has 1 heterocycles. The number of likely N-dealkylation sites (tertiary alicyclic amines) is 1. The minimum Gasteiger partial charge on any atom is -0.496 e. The van der Waals surface area contributed by atoms with E-state index in [4.69, 9.17) is 9.84 Å². The number of nitrogens with one attached hydrogen (secondary N) is 1. The number of aliphatic carboxylic acids is 1. The lowest BCUT2D eigenvalue weighted by molar-refractivity contribution is -0.187. The Morgan fingerprint density at radius 1 is 1.32 bits per heavy atom. The summed E-state index contributed by atoms with van der Waals surface area (Å²) in [6.45, 7) is -0.912. The number of methoxy groups -OCH3 is 1. The van der Waals surface area contributed by atoms with Crippen LogP contribution in [0.25, 0.3) is 0 Å². The summed E-state index contributed by atoms with van der Waals surface area (Å²) in [5.74, 6) is -4.59. The fourth-order valence-corrected chi connectivity index (χ4v) is 2.88. The zero-order valence-electron chi connectivity index (χ0n) is 13.5. The number of halogens is 3. The number of hydrogen-bond donors (Lipinski definition) is 2. The molecule has 9 heteroatoms. The molecule has 6 nitrogen and oxygen atoms in total. The first-order chi connectivity index (χ1) is 11.7.